The van der Waals surface area contributed by atoms with Gasteiger partial charge in [0.05, 0.1) is 4.90 Å². The summed E-state index contributed by atoms with van der Waals surface area (Å²) >= 11 is 0.992. The van der Waals surface area contributed by atoms with Crippen LogP contribution in [0.1, 0.15) is 11.7 Å². The number of benzene rings is 1. The highest BCUT2D eigenvalue weighted by Gasteiger charge is 2.17. The van der Waals surface area contributed by atoms with Crippen molar-refractivity contribution in [2.24, 2.45) is 5.73 Å². The number of quaternary nitrogens is 1. The summed E-state index contributed by atoms with van der Waals surface area (Å²) in [7, 11) is 0. The Labute approximate surface area is 113 Å². The molecule has 0 aliphatic heterocycles. The summed E-state index contributed by atoms with van der Waals surface area (Å²) in [6.45, 7) is 0.211. The van der Waals surface area contributed by atoms with E-state index in [1.807, 2.05) is 0 Å². The van der Waals surface area contributed by atoms with E-state index in [-0.39, 0.29) is 28.7 Å². The summed E-state index contributed by atoms with van der Waals surface area (Å²) in [5, 5.41) is 37.5. The number of aliphatic hydroxyl groups excluding tert-OH is 1. The molecule has 0 aromatic heterocycles. The number of carboxylic acid groups (broad SMARTS) is 1. The fourth-order valence-electron chi connectivity index (χ4n) is 1.33. The Kier molecular flexibility index (Phi) is 5.43. The lowest BCUT2D eigenvalue weighted by atomic mass is 10.1. The molecule has 0 saturated heterocycles. The van der Waals surface area contributed by atoms with Crippen LogP contribution in [0.3, 0.4) is 0 Å². The molecule has 0 fully saturated rings. The highest BCUT2D eigenvalue weighted by molar-refractivity contribution is 7.99. The first-order chi connectivity index (χ1) is 8.86. The molecule has 0 aliphatic carbocycles. The van der Waals surface area contributed by atoms with Crippen LogP contribution >= 0.6 is 11.8 Å². The van der Waals surface area contributed by atoms with E-state index in [9.17, 15) is 20.1 Å². The molecule has 1 aromatic carbocycles. The van der Waals surface area contributed by atoms with Gasteiger partial charge in [-0.15, -0.1) is 11.8 Å². The largest absolute Gasteiger partial charge is 0.504 e. The molecule has 0 aliphatic rings. The molecular formula is C11H17N2O5S+. The zero-order chi connectivity index (χ0) is 14.6. The average Bonchev–Trinajstić information content (AvgIpc) is 2.38. The van der Waals surface area contributed by atoms with Gasteiger partial charge in [-0.05, 0) is 17.7 Å². The first kappa shape index (κ1) is 15.6. The highest BCUT2D eigenvalue weighted by Crippen LogP contribution is 2.38. The van der Waals surface area contributed by atoms with Crippen LogP contribution in [-0.2, 0) is 4.79 Å². The van der Waals surface area contributed by atoms with Crippen molar-refractivity contribution in [1.82, 2.24) is 0 Å². The minimum Gasteiger partial charge on any atom is -0.504 e. The minimum atomic E-state index is -1.15. The summed E-state index contributed by atoms with van der Waals surface area (Å²) in [4.78, 5) is 10.9. The predicted molar refractivity (Wildman–Crippen MR) is 68.8 cm³/mol. The van der Waals surface area contributed by atoms with E-state index in [0.29, 0.717) is 5.56 Å². The lowest BCUT2D eigenvalue weighted by molar-refractivity contribution is -0.385. The second-order valence-electron chi connectivity index (χ2n) is 3.95. The van der Waals surface area contributed by atoms with E-state index in [4.69, 9.17) is 10.8 Å². The van der Waals surface area contributed by atoms with Crippen LogP contribution in [-0.4, -0.2) is 44.7 Å². The van der Waals surface area contributed by atoms with Gasteiger partial charge in [-0.2, -0.15) is 0 Å². The number of phenolic OH excluding ortho intramolecular Hbond substituents is 2. The quantitative estimate of drug-likeness (QED) is 0.286. The molecule has 106 valence electrons. The topological polar surface area (TPSA) is 152 Å². The van der Waals surface area contributed by atoms with Gasteiger partial charge in [0, 0.05) is 5.75 Å². The molecule has 2 atom stereocenters. The summed E-state index contributed by atoms with van der Waals surface area (Å²) in [5.74, 6) is -1.85. The van der Waals surface area contributed by atoms with Gasteiger partial charge in [0.2, 0.25) is 0 Å². The summed E-state index contributed by atoms with van der Waals surface area (Å²) in [5.41, 5.74) is 9.29. The number of aliphatic carboxylic acids is 1. The Morgan fingerprint density at radius 1 is 1.42 bits per heavy atom. The van der Waals surface area contributed by atoms with Crippen LogP contribution in [0.5, 0.6) is 11.5 Å². The number of carbonyl (C=O) groups is 1. The molecule has 7 nitrogen and oxygen atoms in total. The Morgan fingerprint density at radius 2 is 2.05 bits per heavy atom. The van der Waals surface area contributed by atoms with Crippen LogP contribution < -0.4 is 11.5 Å². The zero-order valence-corrected chi connectivity index (χ0v) is 10.9. The summed E-state index contributed by atoms with van der Waals surface area (Å²) in [6.07, 6.45) is -0.862. The van der Waals surface area contributed by atoms with Crippen molar-refractivity contribution in [3.8, 4) is 11.5 Å². The minimum absolute atomic E-state index is 0.0340. The highest BCUT2D eigenvalue weighted by atomic mass is 32.2. The first-order valence-electron chi connectivity index (χ1n) is 5.51. The molecule has 9 N–H and O–H groups in total. The van der Waals surface area contributed by atoms with Gasteiger partial charge in [-0.1, -0.05) is 0 Å². The summed E-state index contributed by atoms with van der Waals surface area (Å²) in [6, 6.07) is 1.64. The molecule has 1 rings (SSSR count). The number of hydrogen-bond donors (Lipinski definition) is 6. The smallest absolute Gasteiger partial charge is 0.321 e. The summed E-state index contributed by atoms with van der Waals surface area (Å²) < 4.78 is 0. The third kappa shape index (κ3) is 4.00. The second kappa shape index (κ2) is 6.62. The van der Waals surface area contributed by atoms with Crippen molar-refractivity contribution in [2.45, 2.75) is 17.0 Å². The average molecular weight is 289 g/mol. The maximum atomic E-state index is 10.6. The van der Waals surface area contributed by atoms with E-state index in [1.165, 1.54) is 12.1 Å². The SMILES string of the molecule is NC(CSc1cc(C(O)C[NH3+])cc(O)c1O)C(=O)O. The number of carboxylic acids is 1. The lowest BCUT2D eigenvalue weighted by Crippen LogP contribution is -2.52. The number of rotatable bonds is 6. The first-order valence-corrected chi connectivity index (χ1v) is 6.49. The van der Waals surface area contributed by atoms with Gasteiger partial charge >= 0.3 is 5.97 Å². The second-order valence-corrected chi connectivity index (χ2v) is 5.01. The number of aromatic hydroxyl groups is 2. The Hall–Kier alpha value is -1.48. The van der Waals surface area contributed by atoms with Gasteiger partial charge in [-0.3, -0.25) is 4.79 Å². The van der Waals surface area contributed by atoms with Gasteiger partial charge < -0.3 is 31.9 Å². The molecule has 0 heterocycles. The fraction of sp³-hybridized carbons (Fsp3) is 0.364. The Bertz CT molecular complexity index is 469. The molecular weight excluding hydrogens is 272 g/mol. The molecule has 0 spiro atoms. The molecule has 0 radical (unpaired) electrons. The van der Waals surface area contributed by atoms with Crippen molar-refractivity contribution in [3.63, 3.8) is 0 Å². The fourth-order valence-corrected chi connectivity index (χ4v) is 2.30. The molecule has 1 aromatic rings. The van der Waals surface area contributed by atoms with E-state index >= 15 is 0 Å². The van der Waals surface area contributed by atoms with E-state index in [0.717, 1.165) is 11.8 Å². The molecule has 0 saturated carbocycles. The van der Waals surface area contributed by atoms with Crippen LogP contribution in [0.4, 0.5) is 0 Å². The van der Waals surface area contributed by atoms with Gasteiger partial charge in [0.15, 0.2) is 11.5 Å². The van der Waals surface area contributed by atoms with Crippen molar-refractivity contribution in [3.05, 3.63) is 17.7 Å². The maximum absolute atomic E-state index is 10.6. The third-order valence-corrected chi connectivity index (χ3v) is 3.62. The zero-order valence-electron chi connectivity index (χ0n) is 10.1. The predicted octanol–water partition coefficient (Wildman–Crippen LogP) is -1.12. The number of phenols is 2. The van der Waals surface area contributed by atoms with Crippen molar-refractivity contribution < 1.29 is 31.0 Å². The monoisotopic (exact) mass is 289 g/mol. The molecule has 0 amide bonds. The van der Waals surface area contributed by atoms with E-state index in [1.54, 1.807) is 0 Å². The Morgan fingerprint density at radius 3 is 2.58 bits per heavy atom. The molecule has 19 heavy (non-hydrogen) atoms. The van der Waals surface area contributed by atoms with Crippen LogP contribution in [0, 0.1) is 0 Å². The van der Waals surface area contributed by atoms with Crippen LogP contribution in [0.15, 0.2) is 17.0 Å². The standard InChI is InChI=1S/C11H16N2O5S/c12-3-8(15)5-1-7(14)10(16)9(2-5)19-4-6(13)11(17)18/h1-2,6,8,14-16H,3-4,12-13H2,(H,17,18)/p+1. The van der Waals surface area contributed by atoms with Gasteiger partial charge in [0.1, 0.15) is 18.7 Å². The third-order valence-electron chi connectivity index (χ3n) is 2.47. The van der Waals surface area contributed by atoms with Crippen LogP contribution in [0.25, 0.3) is 0 Å². The van der Waals surface area contributed by atoms with E-state index in [2.05, 4.69) is 5.73 Å². The molecule has 0 bridgehead atoms. The van der Waals surface area contributed by atoms with E-state index < -0.39 is 18.1 Å². The Balaban J connectivity index is 2.93. The molecule has 8 heteroatoms. The maximum Gasteiger partial charge on any atom is 0.321 e. The number of thioether (sulfide) groups is 1. The van der Waals surface area contributed by atoms with Gasteiger partial charge in [-0.25, -0.2) is 0 Å². The van der Waals surface area contributed by atoms with Gasteiger partial charge in [0.25, 0.3) is 0 Å². The van der Waals surface area contributed by atoms with Crippen molar-refractivity contribution in [1.29, 1.82) is 0 Å². The number of hydrogen-bond acceptors (Lipinski definition) is 6. The normalized spacial score (nSPS) is 14.1. The number of aliphatic hydroxyl groups is 1. The van der Waals surface area contributed by atoms with Crippen molar-refractivity contribution in [2.75, 3.05) is 12.3 Å². The lowest BCUT2D eigenvalue weighted by Gasteiger charge is -2.12. The van der Waals surface area contributed by atoms with Crippen molar-refractivity contribution >= 4 is 17.7 Å². The molecule has 2 unspecified atom stereocenters. The number of nitrogens with two attached hydrogens (primary N) is 1. The van der Waals surface area contributed by atoms with Crippen LogP contribution in [0.2, 0.25) is 0 Å².